The standard InChI is InChI=1S/C16H28N2S/c1-12-10-18(5)13(2)9-14(12)17-11-16(3,4)15-7-6-8-19-15/h6-8,12-14,17H,9-11H2,1-5H3. The van der Waals surface area contributed by atoms with E-state index < -0.39 is 0 Å². The lowest BCUT2D eigenvalue weighted by molar-refractivity contribution is 0.119. The van der Waals surface area contributed by atoms with Crippen LogP contribution in [0.1, 0.15) is 39.0 Å². The van der Waals surface area contributed by atoms with Crippen LogP contribution in [0.25, 0.3) is 0 Å². The van der Waals surface area contributed by atoms with Crippen molar-refractivity contribution >= 4 is 11.3 Å². The summed E-state index contributed by atoms with van der Waals surface area (Å²) in [6.45, 7) is 11.7. The first kappa shape index (κ1) is 15.0. The molecule has 1 aromatic rings. The highest BCUT2D eigenvalue weighted by Crippen LogP contribution is 2.28. The van der Waals surface area contributed by atoms with Crippen molar-refractivity contribution in [3.63, 3.8) is 0 Å². The fourth-order valence-electron chi connectivity index (χ4n) is 2.96. The van der Waals surface area contributed by atoms with Gasteiger partial charge in [0.25, 0.3) is 0 Å². The molecule has 1 saturated heterocycles. The van der Waals surface area contributed by atoms with Crippen molar-refractivity contribution in [2.45, 2.75) is 51.6 Å². The zero-order chi connectivity index (χ0) is 14.0. The number of hydrogen-bond donors (Lipinski definition) is 1. The second-order valence-electron chi connectivity index (χ2n) is 6.85. The molecule has 1 aliphatic heterocycles. The van der Waals surface area contributed by atoms with Crippen molar-refractivity contribution in [3.8, 4) is 0 Å². The van der Waals surface area contributed by atoms with Gasteiger partial charge in [-0.2, -0.15) is 0 Å². The molecule has 108 valence electrons. The number of thiophene rings is 1. The molecule has 0 bridgehead atoms. The Morgan fingerprint density at radius 1 is 1.42 bits per heavy atom. The number of nitrogens with one attached hydrogen (secondary N) is 1. The molecular weight excluding hydrogens is 252 g/mol. The van der Waals surface area contributed by atoms with Crippen LogP contribution in [0.5, 0.6) is 0 Å². The molecule has 0 aliphatic carbocycles. The van der Waals surface area contributed by atoms with E-state index in [1.165, 1.54) is 17.8 Å². The van der Waals surface area contributed by atoms with E-state index in [4.69, 9.17) is 0 Å². The monoisotopic (exact) mass is 280 g/mol. The largest absolute Gasteiger partial charge is 0.313 e. The lowest BCUT2D eigenvalue weighted by Gasteiger charge is -2.41. The van der Waals surface area contributed by atoms with Crippen LogP contribution in [0.2, 0.25) is 0 Å². The summed E-state index contributed by atoms with van der Waals surface area (Å²) in [5.74, 6) is 0.736. The van der Waals surface area contributed by atoms with Gasteiger partial charge in [0.15, 0.2) is 0 Å². The summed E-state index contributed by atoms with van der Waals surface area (Å²) < 4.78 is 0. The molecule has 0 amide bonds. The molecule has 2 rings (SSSR count). The van der Waals surface area contributed by atoms with Crippen molar-refractivity contribution < 1.29 is 0 Å². The smallest absolute Gasteiger partial charge is 0.0120 e. The minimum atomic E-state index is 0.237. The van der Waals surface area contributed by atoms with Crippen molar-refractivity contribution in [1.82, 2.24) is 10.2 Å². The Labute approximate surface area is 122 Å². The van der Waals surface area contributed by atoms with Gasteiger partial charge in [0.05, 0.1) is 0 Å². The number of likely N-dealkylation sites (tertiary alicyclic amines) is 1. The molecule has 1 fully saturated rings. The summed E-state index contributed by atoms with van der Waals surface area (Å²) in [7, 11) is 2.24. The minimum Gasteiger partial charge on any atom is -0.313 e. The highest BCUT2D eigenvalue weighted by molar-refractivity contribution is 7.10. The van der Waals surface area contributed by atoms with E-state index in [1.54, 1.807) is 0 Å². The number of piperidine rings is 1. The molecule has 3 atom stereocenters. The zero-order valence-corrected chi connectivity index (χ0v) is 13.8. The van der Waals surface area contributed by atoms with Gasteiger partial charge in [0.1, 0.15) is 0 Å². The Bertz CT molecular complexity index is 385. The van der Waals surface area contributed by atoms with Gasteiger partial charge in [0.2, 0.25) is 0 Å². The predicted molar refractivity (Wildman–Crippen MR) is 85.0 cm³/mol. The van der Waals surface area contributed by atoms with E-state index in [9.17, 15) is 0 Å². The zero-order valence-electron chi connectivity index (χ0n) is 12.9. The third kappa shape index (κ3) is 3.59. The molecular formula is C16H28N2S. The van der Waals surface area contributed by atoms with Crippen LogP contribution < -0.4 is 5.32 Å². The van der Waals surface area contributed by atoms with E-state index in [1.807, 2.05) is 11.3 Å². The minimum absolute atomic E-state index is 0.237. The van der Waals surface area contributed by atoms with Crippen LogP contribution in [0, 0.1) is 5.92 Å². The van der Waals surface area contributed by atoms with Crippen molar-refractivity contribution in [2.24, 2.45) is 5.92 Å². The maximum absolute atomic E-state index is 3.83. The topological polar surface area (TPSA) is 15.3 Å². The normalized spacial score (nSPS) is 29.6. The number of hydrogen-bond acceptors (Lipinski definition) is 3. The fourth-order valence-corrected chi connectivity index (χ4v) is 3.81. The molecule has 0 spiro atoms. The van der Waals surface area contributed by atoms with Crippen molar-refractivity contribution in [2.75, 3.05) is 20.1 Å². The second-order valence-corrected chi connectivity index (χ2v) is 7.80. The predicted octanol–water partition coefficient (Wildman–Crippen LogP) is 3.34. The summed E-state index contributed by atoms with van der Waals surface area (Å²) in [5, 5.41) is 6.01. The third-order valence-corrected chi connectivity index (χ3v) is 5.84. The van der Waals surface area contributed by atoms with Crippen molar-refractivity contribution in [3.05, 3.63) is 22.4 Å². The summed E-state index contributed by atoms with van der Waals surface area (Å²) in [4.78, 5) is 3.96. The molecule has 0 aromatic carbocycles. The Hall–Kier alpha value is -0.380. The summed E-state index contributed by atoms with van der Waals surface area (Å²) in [5.41, 5.74) is 0.237. The molecule has 1 aromatic heterocycles. The molecule has 3 heteroatoms. The van der Waals surface area contributed by atoms with E-state index in [2.05, 4.69) is 62.5 Å². The molecule has 2 nitrogen and oxygen atoms in total. The molecule has 0 saturated carbocycles. The first-order valence-corrected chi connectivity index (χ1v) is 8.26. The molecule has 1 N–H and O–H groups in total. The van der Waals surface area contributed by atoms with Crippen LogP contribution in [-0.4, -0.2) is 37.1 Å². The van der Waals surface area contributed by atoms with Crippen LogP contribution in [0.4, 0.5) is 0 Å². The van der Waals surface area contributed by atoms with E-state index in [0.717, 1.165) is 12.5 Å². The lowest BCUT2D eigenvalue weighted by Crippen LogP contribution is -2.52. The molecule has 2 heterocycles. The highest BCUT2D eigenvalue weighted by Gasteiger charge is 2.30. The van der Waals surface area contributed by atoms with Crippen LogP contribution in [-0.2, 0) is 5.41 Å². The fraction of sp³-hybridized carbons (Fsp3) is 0.750. The Balaban J connectivity index is 1.91. The van der Waals surface area contributed by atoms with Gasteiger partial charge in [-0.15, -0.1) is 11.3 Å². The second kappa shape index (κ2) is 5.94. The van der Waals surface area contributed by atoms with Crippen LogP contribution in [0.3, 0.4) is 0 Å². The maximum Gasteiger partial charge on any atom is 0.0120 e. The molecule has 1 aliphatic rings. The van der Waals surface area contributed by atoms with Gasteiger partial charge in [-0.3, -0.25) is 0 Å². The molecule has 19 heavy (non-hydrogen) atoms. The van der Waals surface area contributed by atoms with Gasteiger partial charge in [0, 0.05) is 35.5 Å². The number of nitrogens with zero attached hydrogens (tertiary/aromatic N) is 1. The number of rotatable bonds is 4. The molecule has 3 unspecified atom stereocenters. The summed E-state index contributed by atoms with van der Waals surface area (Å²) in [6, 6.07) is 5.76. The Morgan fingerprint density at radius 2 is 2.16 bits per heavy atom. The third-order valence-electron chi connectivity index (χ3n) is 4.60. The average molecular weight is 280 g/mol. The Kier molecular flexibility index (Phi) is 4.70. The SMILES string of the molecule is CC1CN(C)C(C)CC1NCC(C)(C)c1cccs1. The van der Waals surface area contributed by atoms with E-state index in [-0.39, 0.29) is 5.41 Å². The first-order valence-electron chi connectivity index (χ1n) is 7.38. The van der Waals surface area contributed by atoms with E-state index >= 15 is 0 Å². The van der Waals surface area contributed by atoms with E-state index in [0.29, 0.717) is 12.1 Å². The quantitative estimate of drug-likeness (QED) is 0.910. The maximum atomic E-state index is 3.83. The molecule has 0 radical (unpaired) electrons. The van der Waals surface area contributed by atoms with Crippen LogP contribution in [0.15, 0.2) is 17.5 Å². The lowest BCUT2D eigenvalue weighted by atomic mass is 9.87. The first-order chi connectivity index (χ1) is 8.90. The summed E-state index contributed by atoms with van der Waals surface area (Å²) >= 11 is 1.87. The Morgan fingerprint density at radius 3 is 2.79 bits per heavy atom. The average Bonchev–Trinajstić information content (AvgIpc) is 2.86. The van der Waals surface area contributed by atoms with Gasteiger partial charge < -0.3 is 10.2 Å². The summed E-state index contributed by atoms with van der Waals surface area (Å²) in [6.07, 6.45) is 1.26. The highest BCUT2D eigenvalue weighted by atomic mass is 32.1. The van der Waals surface area contributed by atoms with Crippen molar-refractivity contribution in [1.29, 1.82) is 0 Å². The van der Waals surface area contributed by atoms with Gasteiger partial charge in [-0.1, -0.05) is 26.8 Å². The van der Waals surface area contributed by atoms with Crippen LogP contribution >= 0.6 is 11.3 Å². The van der Waals surface area contributed by atoms with Gasteiger partial charge in [-0.25, -0.2) is 0 Å². The van der Waals surface area contributed by atoms with Gasteiger partial charge in [-0.05, 0) is 37.8 Å². The van der Waals surface area contributed by atoms with Gasteiger partial charge >= 0.3 is 0 Å².